The average Bonchev–Trinajstić information content (AvgIpc) is 3.06. The number of amides is 3. The number of fused-ring (bicyclic) bond motifs is 1. The molecule has 7 nitrogen and oxygen atoms in total. The van der Waals surface area contributed by atoms with Gasteiger partial charge in [0.15, 0.2) is 5.69 Å². The summed E-state index contributed by atoms with van der Waals surface area (Å²) >= 11 is 1.34. The van der Waals surface area contributed by atoms with Gasteiger partial charge in [-0.3, -0.25) is 10.0 Å². The zero-order chi connectivity index (χ0) is 18.9. The molecule has 1 aliphatic rings. The summed E-state index contributed by atoms with van der Waals surface area (Å²) in [6.45, 7) is 11.9. The highest BCUT2D eigenvalue weighted by atomic mass is 32.1. The van der Waals surface area contributed by atoms with Gasteiger partial charge in [0.05, 0.1) is 11.4 Å². The highest BCUT2D eigenvalue weighted by molar-refractivity contribution is 7.14. The molecule has 0 fully saturated rings. The van der Waals surface area contributed by atoms with Crippen molar-refractivity contribution in [3.63, 3.8) is 0 Å². The van der Waals surface area contributed by atoms with Crippen LogP contribution >= 0.6 is 11.3 Å². The van der Waals surface area contributed by atoms with E-state index in [1.165, 1.54) is 11.3 Å². The maximum Gasteiger partial charge on any atom is 0.322 e. The smallest absolute Gasteiger partial charge is 0.319 e. The van der Waals surface area contributed by atoms with Crippen molar-refractivity contribution in [3.05, 3.63) is 57.1 Å². The van der Waals surface area contributed by atoms with Crippen LogP contribution in [0.15, 0.2) is 30.3 Å². The van der Waals surface area contributed by atoms with Crippen molar-refractivity contribution in [2.75, 3.05) is 11.9 Å². The number of hydrogen-bond donors (Lipinski definition) is 3. The first kappa shape index (κ1) is 17.9. The number of benzene rings is 1. The minimum Gasteiger partial charge on any atom is -0.319 e. The van der Waals surface area contributed by atoms with E-state index in [2.05, 4.69) is 10.2 Å². The molecule has 0 aliphatic carbocycles. The Kier molecular flexibility index (Phi) is 4.68. The van der Waals surface area contributed by atoms with Crippen LogP contribution in [-0.4, -0.2) is 28.6 Å². The third-order valence-electron chi connectivity index (χ3n) is 4.23. The van der Waals surface area contributed by atoms with Crippen LogP contribution in [0.25, 0.3) is 4.85 Å². The molecule has 0 radical (unpaired) electrons. The average molecular weight is 370 g/mol. The molecule has 3 N–H and O–H groups in total. The molecule has 0 bridgehead atoms. The van der Waals surface area contributed by atoms with Crippen LogP contribution in [0.2, 0.25) is 0 Å². The molecular weight excluding hydrogens is 352 g/mol. The van der Waals surface area contributed by atoms with Crippen molar-refractivity contribution in [2.24, 2.45) is 0 Å². The molecule has 1 aromatic heterocycles. The second-order valence-electron chi connectivity index (χ2n) is 6.73. The summed E-state index contributed by atoms with van der Waals surface area (Å²) in [6, 6.07) is 8.18. The fourth-order valence-electron chi connectivity index (χ4n) is 3.06. The Bertz CT molecular complexity index is 896. The van der Waals surface area contributed by atoms with Crippen molar-refractivity contribution < 1.29 is 14.8 Å². The third-order valence-corrected chi connectivity index (χ3v) is 5.77. The number of hydrogen-bond acceptors (Lipinski definition) is 4. The van der Waals surface area contributed by atoms with E-state index in [1.54, 1.807) is 40.7 Å². The van der Waals surface area contributed by atoms with Crippen LogP contribution in [0.1, 0.15) is 34.0 Å². The molecule has 134 valence electrons. The van der Waals surface area contributed by atoms with Crippen LogP contribution in [0.5, 0.6) is 0 Å². The van der Waals surface area contributed by atoms with Gasteiger partial charge in [-0.2, -0.15) is 0 Å². The van der Waals surface area contributed by atoms with Gasteiger partial charge in [0.2, 0.25) is 0 Å². The molecule has 1 aliphatic heterocycles. The van der Waals surface area contributed by atoms with Gasteiger partial charge in [-0.15, -0.1) is 11.3 Å². The van der Waals surface area contributed by atoms with Crippen molar-refractivity contribution >= 4 is 34.6 Å². The summed E-state index contributed by atoms with van der Waals surface area (Å²) in [5.74, 6) is -0.545. The Balaban J connectivity index is 1.79. The van der Waals surface area contributed by atoms with Crippen LogP contribution in [0.4, 0.5) is 16.2 Å². The van der Waals surface area contributed by atoms with E-state index in [0.717, 1.165) is 10.4 Å². The lowest BCUT2D eigenvalue weighted by Crippen LogP contribution is -2.46. The molecular formula is C18H18N4O3S. The molecule has 3 rings (SSSR count). The first-order chi connectivity index (χ1) is 12.3. The first-order valence-corrected chi connectivity index (χ1v) is 8.77. The Labute approximate surface area is 155 Å². The molecule has 0 unspecified atom stereocenters. The van der Waals surface area contributed by atoms with Crippen LogP contribution in [0.3, 0.4) is 0 Å². The van der Waals surface area contributed by atoms with E-state index in [0.29, 0.717) is 29.3 Å². The van der Waals surface area contributed by atoms with E-state index >= 15 is 0 Å². The van der Waals surface area contributed by atoms with Gasteiger partial charge >= 0.3 is 6.03 Å². The predicted molar refractivity (Wildman–Crippen MR) is 98.7 cm³/mol. The Morgan fingerprint density at radius 2 is 2.00 bits per heavy atom. The zero-order valence-electron chi connectivity index (χ0n) is 14.4. The molecule has 2 aromatic rings. The molecule has 2 heterocycles. The second-order valence-corrected chi connectivity index (χ2v) is 7.79. The molecule has 0 spiro atoms. The topological polar surface area (TPSA) is 86.0 Å². The van der Waals surface area contributed by atoms with Gasteiger partial charge in [0.1, 0.15) is 0 Å². The summed E-state index contributed by atoms with van der Waals surface area (Å²) in [5, 5.41) is 11.7. The zero-order valence-corrected chi connectivity index (χ0v) is 15.2. The lowest BCUT2D eigenvalue weighted by Gasteiger charge is -2.37. The molecule has 0 saturated carbocycles. The molecule has 0 atom stereocenters. The SMILES string of the molecule is [C-]#[N+]c1ccc(NC(=O)N2Cc3cc(C(=O)NO)sc3C(C)(C)C2)cc1. The van der Waals surface area contributed by atoms with E-state index < -0.39 is 5.91 Å². The summed E-state index contributed by atoms with van der Waals surface area (Å²) in [5.41, 5.74) is 3.38. The summed E-state index contributed by atoms with van der Waals surface area (Å²) < 4.78 is 0. The number of carbonyl (C=O) groups is 2. The van der Waals surface area contributed by atoms with Crippen molar-refractivity contribution in [1.29, 1.82) is 0 Å². The lowest BCUT2D eigenvalue weighted by molar-refractivity contribution is 0.0711. The Morgan fingerprint density at radius 3 is 2.62 bits per heavy atom. The number of thiophene rings is 1. The number of urea groups is 1. The second kappa shape index (κ2) is 6.78. The normalized spacial score (nSPS) is 14.9. The molecule has 8 heteroatoms. The van der Waals surface area contributed by atoms with Crippen LogP contribution < -0.4 is 10.8 Å². The summed E-state index contributed by atoms with van der Waals surface area (Å²) in [4.78, 5) is 30.8. The van der Waals surface area contributed by atoms with Crippen molar-refractivity contribution in [1.82, 2.24) is 10.4 Å². The number of rotatable bonds is 2. The van der Waals surface area contributed by atoms with Crippen LogP contribution in [-0.2, 0) is 12.0 Å². The van der Waals surface area contributed by atoms with Gasteiger partial charge in [0, 0.05) is 29.1 Å². The number of nitrogens with zero attached hydrogens (tertiary/aromatic N) is 2. The maximum absolute atomic E-state index is 12.7. The van der Waals surface area contributed by atoms with Gasteiger partial charge < -0.3 is 10.2 Å². The summed E-state index contributed by atoms with van der Waals surface area (Å²) in [6.07, 6.45) is 0. The lowest BCUT2D eigenvalue weighted by atomic mass is 9.85. The number of anilines is 1. The Hall–Kier alpha value is -2.89. The fraction of sp³-hybridized carbons (Fsp3) is 0.278. The quantitative estimate of drug-likeness (QED) is 0.428. The molecule has 1 aromatic carbocycles. The maximum atomic E-state index is 12.7. The van der Waals surface area contributed by atoms with Gasteiger partial charge in [-0.05, 0) is 23.8 Å². The Morgan fingerprint density at radius 1 is 1.31 bits per heavy atom. The van der Waals surface area contributed by atoms with E-state index in [9.17, 15) is 9.59 Å². The van der Waals surface area contributed by atoms with Crippen molar-refractivity contribution in [3.8, 4) is 0 Å². The third kappa shape index (κ3) is 3.40. The first-order valence-electron chi connectivity index (χ1n) is 7.95. The van der Waals surface area contributed by atoms with Gasteiger partial charge in [-0.25, -0.2) is 15.1 Å². The van der Waals surface area contributed by atoms with Crippen LogP contribution in [0, 0.1) is 6.57 Å². The minimum atomic E-state index is -0.545. The highest BCUT2D eigenvalue weighted by Crippen LogP contribution is 2.39. The van der Waals surface area contributed by atoms with E-state index in [1.807, 2.05) is 13.8 Å². The largest absolute Gasteiger partial charge is 0.322 e. The van der Waals surface area contributed by atoms with E-state index in [4.69, 9.17) is 11.8 Å². The molecule has 3 amide bonds. The van der Waals surface area contributed by atoms with Crippen molar-refractivity contribution in [2.45, 2.75) is 25.8 Å². The summed E-state index contributed by atoms with van der Waals surface area (Å²) in [7, 11) is 0. The fourth-order valence-corrected chi connectivity index (χ4v) is 4.22. The predicted octanol–water partition coefficient (Wildman–Crippen LogP) is 3.74. The number of hydroxylamine groups is 1. The van der Waals surface area contributed by atoms with Gasteiger partial charge in [-0.1, -0.05) is 26.0 Å². The highest BCUT2D eigenvalue weighted by Gasteiger charge is 2.36. The minimum absolute atomic E-state index is 0.237. The standard InChI is InChI=1S/C18H18N4O3S/c1-18(2)10-22(9-11-8-14(16(23)21-25)26-15(11)18)17(24)20-13-6-4-12(19-3)5-7-13/h4-8,25H,9-10H2,1-2H3,(H,20,24)(H,21,23). The number of nitrogens with one attached hydrogen (secondary N) is 2. The monoisotopic (exact) mass is 370 g/mol. The molecule has 0 saturated heterocycles. The van der Waals surface area contributed by atoms with E-state index in [-0.39, 0.29) is 11.4 Å². The number of carbonyl (C=O) groups excluding carboxylic acids is 2. The van der Waals surface area contributed by atoms with Gasteiger partial charge in [0.25, 0.3) is 5.91 Å². The molecule has 26 heavy (non-hydrogen) atoms.